The van der Waals surface area contributed by atoms with Crippen LogP contribution in [-0.4, -0.2) is 65.2 Å². The summed E-state index contributed by atoms with van der Waals surface area (Å²) >= 11 is 1.65. The number of thiazole rings is 1. The zero-order valence-electron chi connectivity index (χ0n) is 24.9. The number of aryl methyl sites for hydroxylation is 3. The van der Waals surface area contributed by atoms with Gasteiger partial charge in [-0.15, -0.1) is 11.3 Å². The highest BCUT2D eigenvalue weighted by Crippen LogP contribution is 2.35. The molecule has 2 aliphatic heterocycles. The summed E-state index contributed by atoms with van der Waals surface area (Å²) in [7, 11) is 1.64. The number of carbonyl (C=O) groups is 2. The van der Waals surface area contributed by atoms with E-state index < -0.39 is 18.1 Å². The number of ether oxygens (including phenoxy) is 2. The predicted octanol–water partition coefficient (Wildman–Crippen LogP) is 6.32. The molecule has 0 saturated carbocycles. The second-order valence-electron chi connectivity index (χ2n) is 10.7. The lowest BCUT2D eigenvalue weighted by Gasteiger charge is -2.21. The van der Waals surface area contributed by atoms with E-state index >= 15 is 0 Å². The molecule has 2 aromatic heterocycles. The monoisotopic (exact) mass is 647 g/mol. The number of nitrogens with one attached hydrogen (secondary N) is 1. The largest absolute Gasteiger partial charge is 0.496 e. The Hall–Kier alpha value is -3.97. The van der Waals surface area contributed by atoms with E-state index in [4.69, 9.17) is 29.3 Å². The van der Waals surface area contributed by atoms with Crippen molar-refractivity contribution in [2.45, 2.75) is 63.5 Å². The Balaban J connectivity index is 0.000000591. The first-order valence-electron chi connectivity index (χ1n) is 14.7. The molecular weight excluding hydrogens is 611 g/mol. The van der Waals surface area contributed by atoms with Crippen molar-refractivity contribution in [3.05, 3.63) is 74.9 Å². The van der Waals surface area contributed by atoms with Gasteiger partial charge in [0.2, 0.25) is 0 Å². The molecule has 4 heterocycles. The molecule has 0 unspecified atom stereocenters. The first-order valence-corrected chi connectivity index (χ1v) is 15.5. The molecule has 3 N–H and O–H groups in total. The zero-order chi connectivity index (χ0) is 32.4. The average Bonchev–Trinajstić information content (AvgIpc) is 3.47. The number of hydrogen-bond donors (Lipinski definition) is 3. The van der Waals surface area contributed by atoms with Crippen LogP contribution in [0.2, 0.25) is 0 Å². The van der Waals surface area contributed by atoms with E-state index in [9.17, 15) is 23.1 Å². The summed E-state index contributed by atoms with van der Waals surface area (Å²) < 4.78 is 42.9. The Morgan fingerprint density at radius 1 is 1.11 bits per heavy atom. The third kappa shape index (κ3) is 10.0. The van der Waals surface area contributed by atoms with E-state index in [0.717, 1.165) is 77.7 Å². The van der Waals surface area contributed by atoms with Crippen LogP contribution in [0.1, 0.15) is 64.7 Å². The number of pyridine rings is 1. The number of hydrogen-bond acceptors (Lipinski definition) is 8. The van der Waals surface area contributed by atoms with Gasteiger partial charge in [0.05, 0.1) is 37.4 Å². The second-order valence-corrected chi connectivity index (χ2v) is 11.7. The molecule has 1 atom stereocenters. The van der Waals surface area contributed by atoms with Crippen LogP contribution < -0.4 is 10.1 Å². The van der Waals surface area contributed by atoms with Crippen molar-refractivity contribution in [1.29, 1.82) is 0 Å². The number of nitrogens with zero attached hydrogens (tertiary/aromatic N) is 2. The number of halogens is 3. The quantitative estimate of drug-likeness (QED) is 0.219. The summed E-state index contributed by atoms with van der Waals surface area (Å²) in [5, 5.41) is 23.4. The molecule has 0 aliphatic carbocycles. The lowest BCUT2D eigenvalue weighted by molar-refractivity contribution is -0.192. The number of carboxylic acid groups (broad SMARTS) is 2. The number of rotatable bonds is 11. The highest BCUT2D eigenvalue weighted by Gasteiger charge is 2.38. The van der Waals surface area contributed by atoms with E-state index in [1.165, 1.54) is 17.6 Å². The highest BCUT2D eigenvalue weighted by atomic mass is 32.1. The van der Waals surface area contributed by atoms with Gasteiger partial charge in [-0.25, -0.2) is 14.8 Å². The summed E-state index contributed by atoms with van der Waals surface area (Å²) in [5.74, 6) is -2.05. The van der Waals surface area contributed by atoms with Crippen molar-refractivity contribution >= 4 is 34.7 Å². The molecule has 0 saturated heterocycles. The maximum atomic E-state index is 11.8. The van der Waals surface area contributed by atoms with Crippen LogP contribution in [-0.2, 0) is 40.0 Å². The fraction of sp³-hybridized carbons (Fsp3) is 0.438. The van der Waals surface area contributed by atoms with Gasteiger partial charge in [-0.3, -0.25) is 4.79 Å². The number of aromatic nitrogens is 2. The highest BCUT2D eigenvalue weighted by molar-refractivity contribution is 7.09. The molecule has 242 valence electrons. The standard InChI is InChI=1S/C30H35N3O4S.C2HF3O2/c1-36-27-10-8-22(20-11-14-37-15-12-20)17-26(27)23(18-29(34)35)16-25-19-38-28(32-25)6-2-5-24-9-7-21-4-3-13-31-30(21)33-24;3-2(4,5)1(6)7/h7-11,17,19,23H,2-6,12-16,18H2,1H3,(H,31,33)(H,34,35);(H,6,7)/t23-;/m0./s1. The maximum Gasteiger partial charge on any atom is 0.490 e. The third-order valence-electron chi connectivity index (χ3n) is 7.50. The Morgan fingerprint density at radius 3 is 2.60 bits per heavy atom. The number of alkyl halides is 3. The second kappa shape index (κ2) is 15.8. The molecule has 45 heavy (non-hydrogen) atoms. The van der Waals surface area contributed by atoms with Gasteiger partial charge in [-0.2, -0.15) is 13.2 Å². The van der Waals surface area contributed by atoms with Crippen LogP contribution in [0.15, 0.2) is 41.8 Å². The van der Waals surface area contributed by atoms with E-state index in [0.29, 0.717) is 19.6 Å². The summed E-state index contributed by atoms with van der Waals surface area (Å²) in [4.78, 5) is 30.4. The van der Waals surface area contributed by atoms with E-state index in [1.807, 2.05) is 12.1 Å². The van der Waals surface area contributed by atoms with Gasteiger partial charge in [0, 0.05) is 23.5 Å². The molecular formula is C32H36F3N3O6S. The number of anilines is 1. The Labute approximate surface area is 263 Å². The molecule has 0 radical (unpaired) electrons. The molecule has 0 amide bonds. The van der Waals surface area contributed by atoms with Crippen molar-refractivity contribution in [2.24, 2.45) is 0 Å². The molecule has 9 nitrogen and oxygen atoms in total. The van der Waals surface area contributed by atoms with Crippen LogP contribution in [0.4, 0.5) is 19.0 Å². The number of benzene rings is 1. The molecule has 1 aromatic carbocycles. The van der Waals surface area contributed by atoms with E-state index in [-0.39, 0.29) is 12.3 Å². The summed E-state index contributed by atoms with van der Waals surface area (Å²) in [5.41, 5.74) is 6.61. The minimum Gasteiger partial charge on any atom is -0.496 e. The maximum absolute atomic E-state index is 11.8. The summed E-state index contributed by atoms with van der Waals surface area (Å²) in [6.45, 7) is 2.31. The summed E-state index contributed by atoms with van der Waals surface area (Å²) in [6.07, 6.45) is 3.49. The fourth-order valence-electron chi connectivity index (χ4n) is 5.28. The molecule has 0 fully saturated rings. The van der Waals surface area contributed by atoms with Crippen molar-refractivity contribution in [3.8, 4) is 5.75 Å². The van der Waals surface area contributed by atoms with Crippen molar-refractivity contribution in [3.63, 3.8) is 0 Å². The van der Waals surface area contributed by atoms with Crippen LogP contribution in [0, 0.1) is 0 Å². The first-order chi connectivity index (χ1) is 21.5. The van der Waals surface area contributed by atoms with Gasteiger partial charge >= 0.3 is 18.1 Å². The number of methoxy groups -OCH3 is 1. The number of aliphatic carboxylic acids is 2. The smallest absolute Gasteiger partial charge is 0.490 e. The molecule has 3 aromatic rings. The van der Waals surface area contributed by atoms with Crippen LogP contribution >= 0.6 is 11.3 Å². The van der Waals surface area contributed by atoms with E-state index in [1.54, 1.807) is 18.4 Å². The van der Waals surface area contributed by atoms with Crippen molar-refractivity contribution in [1.82, 2.24) is 9.97 Å². The Morgan fingerprint density at radius 2 is 1.91 bits per heavy atom. The van der Waals surface area contributed by atoms with Gasteiger partial charge in [0.1, 0.15) is 11.6 Å². The minimum atomic E-state index is -5.08. The topological polar surface area (TPSA) is 131 Å². The fourth-order valence-corrected chi connectivity index (χ4v) is 6.14. The van der Waals surface area contributed by atoms with Crippen LogP contribution in [0.5, 0.6) is 5.75 Å². The van der Waals surface area contributed by atoms with Gasteiger partial charge in [0.25, 0.3) is 0 Å². The van der Waals surface area contributed by atoms with Gasteiger partial charge in [0.15, 0.2) is 0 Å². The summed E-state index contributed by atoms with van der Waals surface area (Å²) in [6, 6.07) is 10.4. The van der Waals surface area contributed by atoms with Crippen molar-refractivity contribution < 1.29 is 42.4 Å². The first kappa shape index (κ1) is 33.9. The van der Waals surface area contributed by atoms with Gasteiger partial charge < -0.3 is 25.0 Å². The number of carboxylic acids is 2. The Kier molecular flexibility index (Phi) is 11.9. The van der Waals surface area contributed by atoms with Crippen molar-refractivity contribution in [2.75, 3.05) is 32.2 Å². The molecule has 13 heteroatoms. The van der Waals surface area contributed by atoms with E-state index in [2.05, 4.69) is 35.0 Å². The van der Waals surface area contributed by atoms with Crippen LogP contribution in [0.25, 0.3) is 5.57 Å². The average molecular weight is 648 g/mol. The molecule has 0 bridgehead atoms. The SMILES string of the molecule is COc1ccc(C2=CCOCC2)cc1[C@H](CC(=O)O)Cc1csc(CCCc2ccc3c(n2)NCCC3)n1.O=C(O)C(F)(F)F. The Bertz CT molecular complexity index is 1510. The molecule has 0 spiro atoms. The zero-order valence-corrected chi connectivity index (χ0v) is 25.7. The molecule has 5 rings (SSSR count). The molecule has 2 aliphatic rings. The minimum absolute atomic E-state index is 0.0207. The third-order valence-corrected chi connectivity index (χ3v) is 8.45. The number of fused-ring (bicyclic) bond motifs is 1. The van der Waals surface area contributed by atoms with Gasteiger partial charge in [-0.1, -0.05) is 18.2 Å². The lowest BCUT2D eigenvalue weighted by atomic mass is 9.88. The van der Waals surface area contributed by atoms with Gasteiger partial charge in [-0.05, 0) is 85.4 Å². The lowest BCUT2D eigenvalue weighted by Crippen LogP contribution is -2.21. The predicted molar refractivity (Wildman–Crippen MR) is 164 cm³/mol. The normalized spacial score (nSPS) is 15.1. The van der Waals surface area contributed by atoms with Crippen LogP contribution in [0.3, 0.4) is 0 Å².